The molecule has 1 aromatic heterocycles. The molecule has 2 rings (SSSR count). The van der Waals surface area contributed by atoms with Gasteiger partial charge in [0.25, 0.3) is 0 Å². The quantitative estimate of drug-likeness (QED) is 0.749. The number of nitrogens with one attached hydrogen (secondary N) is 1. The van der Waals surface area contributed by atoms with Crippen molar-refractivity contribution in [2.24, 2.45) is 0 Å². The molecule has 0 aliphatic carbocycles. The number of halogens is 1. The van der Waals surface area contributed by atoms with Crippen molar-refractivity contribution in [1.29, 1.82) is 0 Å². The van der Waals surface area contributed by atoms with Crippen LogP contribution in [0.25, 0.3) is 0 Å². The van der Waals surface area contributed by atoms with E-state index in [2.05, 4.69) is 10.3 Å². The second-order valence-corrected chi connectivity index (χ2v) is 3.84. The van der Waals surface area contributed by atoms with E-state index in [1.54, 1.807) is 0 Å². The lowest BCUT2D eigenvalue weighted by atomic mass is 10.4. The van der Waals surface area contributed by atoms with Crippen LogP contribution in [0.5, 0.6) is 5.75 Å². The molecule has 7 heteroatoms. The fourth-order valence-electron chi connectivity index (χ4n) is 1.38. The van der Waals surface area contributed by atoms with Gasteiger partial charge in [0.05, 0.1) is 6.20 Å². The van der Waals surface area contributed by atoms with Crippen molar-refractivity contribution in [1.82, 2.24) is 15.2 Å². The van der Waals surface area contributed by atoms with E-state index in [9.17, 15) is 9.59 Å². The molecule has 1 aliphatic rings. The third-order valence-corrected chi connectivity index (χ3v) is 2.43. The van der Waals surface area contributed by atoms with Crippen LogP contribution in [0.2, 0.25) is 5.15 Å². The average molecular weight is 256 g/mol. The predicted octanol–water partition coefficient (Wildman–Crippen LogP) is 0.666. The first-order chi connectivity index (χ1) is 8.15. The molecule has 1 N–H and O–H groups in total. The van der Waals surface area contributed by atoms with Crippen molar-refractivity contribution in [3.05, 3.63) is 23.5 Å². The van der Waals surface area contributed by atoms with Gasteiger partial charge in [-0.2, -0.15) is 0 Å². The number of nitrogens with zero attached hydrogens (tertiary/aromatic N) is 2. The van der Waals surface area contributed by atoms with Gasteiger partial charge in [0.1, 0.15) is 11.7 Å². The van der Waals surface area contributed by atoms with Crippen LogP contribution in [-0.2, 0) is 4.79 Å². The minimum atomic E-state index is -0.566. The van der Waals surface area contributed by atoms with Crippen LogP contribution in [0.3, 0.4) is 0 Å². The van der Waals surface area contributed by atoms with Crippen LogP contribution in [0.1, 0.15) is 0 Å². The zero-order valence-corrected chi connectivity index (χ0v) is 9.61. The summed E-state index contributed by atoms with van der Waals surface area (Å²) in [6, 6.07) is 3.06. The molecule has 0 aromatic carbocycles. The third kappa shape index (κ3) is 3.07. The van der Waals surface area contributed by atoms with Crippen LogP contribution in [-0.4, -0.2) is 41.5 Å². The van der Waals surface area contributed by atoms with Crippen LogP contribution < -0.4 is 10.1 Å². The lowest BCUT2D eigenvalue weighted by molar-refractivity contribution is -0.123. The van der Waals surface area contributed by atoms with Gasteiger partial charge in [-0.05, 0) is 12.1 Å². The molecule has 90 valence electrons. The van der Waals surface area contributed by atoms with Gasteiger partial charge in [-0.3, -0.25) is 9.69 Å². The summed E-state index contributed by atoms with van der Waals surface area (Å²) in [4.78, 5) is 27.9. The molecule has 17 heavy (non-hydrogen) atoms. The number of carbonyl (C=O) groups excluding carboxylic acids is 2. The van der Waals surface area contributed by atoms with Crippen molar-refractivity contribution < 1.29 is 14.3 Å². The summed E-state index contributed by atoms with van der Waals surface area (Å²) < 4.78 is 5.04. The van der Waals surface area contributed by atoms with Crippen molar-refractivity contribution in [2.75, 3.05) is 19.6 Å². The van der Waals surface area contributed by atoms with Gasteiger partial charge in [0, 0.05) is 13.1 Å². The van der Waals surface area contributed by atoms with Gasteiger partial charge >= 0.3 is 6.09 Å². The molecule has 0 unspecified atom stereocenters. The Morgan fingerprint density at radius 2 is 2.35 bits per heavy atom. The molecule has 0 spiro atoms. The number of carbonyl (C=O) groups is 2. The number of rotatable bonds is 1. The first-order valence-electron chi connectivity index (χ1n) is 5.00. The summed E-state index contributed by atoms with van der Waals surface area (Å²) in [6.07, 6.45) is 0.786. The molecule has 1 saturated heterocycles. The zero-order chi connectivity index (χ0) is 12.3. The normalized spacial score (nSPS) is 15.4. The van der Waals surface area contributed by atoms with Gasteiger partial charge in [0.2, 0.25) is 5.91 Å². The highest BCUT2D eigenvalue weighted by Crippen LogP contribution is 2.13. The second-order valence-electron chi connectivity index (χ2n) is 3.46. The lowest BCUT2D eigenvalue weighted by Gasteiger charge is -2.25. The molecule has 0 radical (unpaired) electrons. The van der Waals surface area contributed by atoms with Crippen molar-refractivity contribution in [3.63, 3.8) is 0 Å². The Labute approximate surface area is 103 Å². The van der Waals surface area contributed by atoms with Gasteiger partial charge in [-0.25, -0.2) is 9.78 Å². The summed E-state index contributed by atoms with van der Waals surface area (Å²) in [5, 5.41) is 2.94. The summed E-state index contributed by atoms with van der Waals surface area (Å²) in [5.74, 6) is 0.104. The van der Waals surface area contributed by atoms with Gasteiger partial charge in [-0.15, -0.1) is 0 Å². The first kappa shape index (κ1) is 11.7. The number of hydrogen-bond donors (Lipinski definition) is 1. The van der Waals surface area contributed by atoms with Crippen LogP contribution in [0.15, 0.2) is 18.3 Å². The lowest BCUT2D eigenvalue weighted by Crippen LogP contribution is -2.50. The highest BCUT2D eigenvalue weighted by Gasteiger charge is 2.22. The molecular weight excluding hydrogens is 246 g/mol. The van der Waals surface area contributed by atoms with E-state index < -0.39 is 6.09 Å². The molecule has 6 nitrogen and oxygen atoms in total. The highest BCUT2D eigenvalue weighted by atomic mass is 35.5. The van der Waals surface area contributed by atoms with E-state index in [0.29, 0.717) is 24.0 Å². The van der Waals surface area contributed by atoms with Crippen molar-refractivity contribution in [3.8, 4) is 5.75 Å². The molecule has 2 heterocycles. The fourth-order valence-corrected chi connectivity index (χ4v) is 1.49. The summed E-state index contributed by atoms with van der Waals surface area (Å²) >= 11 is 5.60. The minimum Gasteiger partial charge on any atom is -0.409 e. The Morgan fingerprint density at radius 1 is 1.53 bits per heavy atom. The van der Waals surface area contributed by atoms with Crippen LogP contribution in [0, 0.1) is 0 Å². The number of amides is 2. The number of aromatic nitrogens is 1. The summed E-state index contributed by atoms with van der Waals surface area (Å²) in [6.45, 7) is 0.887. The number of hydrogen-bond acceptors (Lipinski definition) is 4. The first-order valence-corrected chi connectivity index (χ1v) is 5.38. The highest BCUT2D eigenvalue weighted by molar-refractivity contribution is 6.29. The maximum absolute atomic E-state index is 11.7. The van der Waals surface area contributed by atoms with Gasteiger partial charge in [0.15, 0.2) is 5.75 Å². The summed E-state index contributed by atoms with van der Waals surface area (Å²) in [5.41, 5.74) is 0. The Bertz CT molecular complexity index is 435. The minimum absolute atomic E-state index is 0.0137. The van der Waals surface area contributed by atoms with E-state index >= 15 is 0 Å². The second kappa shape index (κ2) is 5.01. The van der Waals surface area contributed by atoms with Crippen molar-refractivity contribution in [2.45, 2.75) is 0 Å². The molecule has 0 bridgehead atoms. The Hall–Kier alpha value is -1.82. The SMILES string of the molecule is O=C1CN(C(=O)Oc2ccc(Cl)nc2)CCN1. The third-order valence-electron chi connectivity index (χ3n) is 2.20. The molecule has 1 aromatic rings. The average Bonchev–Trinajstić information content (AvgIpc) is 2.32. The van der Waals surface area contributed by atoms with Crippen molar-refractivity contribution >= 4 is 23.6 Å². The topological polar surface area (TPSA) is 71.5 Å². The van der Waals surface area contributed by atoms with E-state index in [0.717, 1.165) is 0 Å². The van der Waals surface area contributed by atoms with E-state index in [4.69, 9.17) is 16.3 Å². The van der Waals surface area contributed by atoms with E-state index in [-0.39, 0.29) is 12.5 Å². The molecule has 0 saturated carbocycles. The number of ether oxygens (including phenoxy) is 1. The largest absolute Gasteiger partial charge is 0.415 e. The van der Waals surface area contributed by atoms with Gasteiger partial charge < -0.3 is 10.1 Å². The predicted molar refractivity (Wildman–Crippen MR) is 59.9 cm³/mol. The molecular formula is C10H10ClN3O3. The fraction of sp³-hybridized carbons (Fsp3) is 0.300. The molecule has 2 amide bonds. The number of pyridine rings is 1. The molecule has 1 fully saturated rings. The maximum Gasteiger partial charge on any atom is 0.415 e. The number of piperazine rings is 1. The smallest absolute Gasteiger partial charge is 0.409 e. The van der Waals surface area contributed by atoms with Crippen LogP contribution >= 0.6 is 11.6 Å². The maximum atomic E-state index is 11.7. The monoisotopic (exact) mass is 255 g/mol. The Morgan fingerprint density at radius 3 is 3.00 bits per heavy atom. The van der Waals surface area contributed by atoms with E-state index in [1.165, 1.54) is 23.2 Å². The zero-order valence-electron chi connectivity index (χ0n) is 8.85. The standard InChI is InChI=1S/C10H10ClN3O3/c11-8-2-1-7(5-13-8)17-10(16)14-4-3-12-9(15)6-14/h1-2,5H,3-4,6H2,(H,12,15). The Kier molecular flexibility index (Phi) is 3.43. The van der Waals surface area contributed by atoms with E-state index in [1.807, 2.05) is 0 Å². The molecule has 0 atom stereocenters. The Balaban J connectivity index is 1.96. The molecule has 1 aliphatic heterocycles. The van der Waals surface area contributed by atoms with Crippen LogP contribution in [0.4, 0.5) is 4.79 Å². The summed E-state index contributed by atoms with van der Waals surface area (Å²) in [7, 11) is 0. The van der Waals surface area contributed by atoms with Gasteiger partial charge in [-0.1, -0.05) is 11.6 Å².